The Morgan fingerprint density at radius 3 is 1.81 bits per heavy atom. The first-order valence-electron chi connectivity index (χ1n) is 8.49. The first-order chi connectivity index (χ1) is 9.43. The summed E-state index contributed by atoms with van der Waals surface area (Å²) in [7, 11) is -2.07. The minimum atomic E-state index is -2.07. The van der Waals surface area contributed by atoms with Crippen LogP contribution in [0.3, 0.4) is 0 Å². The van der Waals surface area contributed by atoms with E-state index in [1.807, 2.05) is 0 Å². The summed E-state index contributed by atoms with van der Waals surface area (Å²) in [6.07, 6.45) is 8.98. The smallest absolute Gasteiger partial charge is 0.264 e. The fourth-order valence-corrected chi connectivity index (χ4v) is 11.5. The maximum atomic E-state index is 6.94. The molecule has 0 heterocycles. The van der Waals surface area contributed by atoms with E-state index < -0.39 is 8.32 Å². The largest absolute Gasteiger partial charge is 0.542 e. The zero-order chi connectivity index (χ0) is 16.5. The second-order valence-corrected chi connectivity index (χ2v) is 14.5. The van der Waals surface area contributed by atoms with Crippen molar-refractivity contribution in [2.24, 2.45) is 5.92 Å². The topological polar surface area (TPSA) is 9.23 Å². The third-order valence-corrected chi connectivity index (χ3v) is 12.1. The summed E-state index contributed by atoms with van der Waals surface area (Å²) in [6.45, 7) is 21.4. The maximum absolute atomic E-state index is 6.94. The molecule has 0 bridgehead atoms. The third-order valence-electron chi connectivity index (χ3n) is 5.11. The maximum Gasteiger partial charge on any atom is 0.264 e. The van der Waals surface area contributed by atoms with E-state index in [2.05, 4.69) is 80.5 Å². The fraction of sp³-hybridized carbons (Fsp3) is 0.789. The molecule has 0 amide bonds. The average molecular weight is 309 g/mol. The van der Waals surface area contributed by atoms with Gasteiger partial charge >= 0.3 is 0 Å². The van der Waals surface area contributed by atoms with Crippen molar-refractivity contribution < 1.29 is 4.43 Å². The van der Waals surface area contributed by atoms with Crippen LogP contribution in [0.2, 0.25) is 15.6 Å². The molecule has 0 radical (unpaired) electrons. The van der Waals surface area contributed by atoms with E-state index in [-0.39, 0.29) is 10.1 Å². The van der Waals surface area contributed by atoms with Crippen LogP contribution in [0.4, 0.5) is 0 Å². The zero-order valence-electron chi connectivity index (χ0n) is 15.7. The molecule has 1 aliphatic carbocycles. The summed E-state index contributed by atoms with van der Waals surface area (Å²) >= 11 is 0. The van der Waals surface area contributed by atoms with E-state index in [1.165, 1.54) is 0 Å². The van der Waals surface area contributed by atoms with Gasteiger partial charge in [0.05, 0.1) is 5.76 Å². The molecule has 1 rings (SSSR count). The summed E-state index contributed by atoms with van der Waals surface area (Å²) in [5, 5.41) is 0.391. The van der Waals surface area contributed by atoms with Gasteiger partial charge in [-0.3, -0.25) is 0 Å². The van der Waals surface area contributed by atoms with Crippen LogP contribution in [0.25, 0.3) is 0 Å². The Morgan fingerprint density at radius 1 is 0.952 bits per heavy atom. The molecule has 0 spiro atoms. The predicted octanol–water partition coefficient (Wildman–Crippen LogP) is 6.83. The third kappa shape index (κ3) is 3.64. The van der Waals surface area contributed by atoms with Gasteiger partial charge in [0, 0.05) is 0 Å². The zero-order valence-corrected chi connectivity index (χ0v) is 16.7. The van der Waals surface area contributed by atoms with E-state index in [4.69, 9.17) is 4.43 Å². The van der Waals surface area contributed by atoms with Crippen molar-refractivity contribution in [3.8, 4) is 0 Å². The van der Waals surface area contributed by atoms with Crippen LogP contribution in [0.15, 0.2) is 24.0 Å². The molecule has 1 nitrogen and oxygen atoms in total. The molecule has 0 N–H and O–H groups in total. The van der Waals surface area contributed by atoms with E-state index in [0.717, 1.165) is 18.6 Å². The van der Waals surface area contributed by atoms with Crippen molar-refractivity contribution in [1.29, 1.82) is 0 Å². The lowest BCUT2D eigenvalue weighted by Gasteiger charge is -2.55. The van der Waals surface area contributed by atoms with Crippen molar-refractivity contribution in [1.82, 2.24) is 0 Å². The minimum absolute atomic E-state index is 0.195. The lowest BCUT2D eigenvalue weighted by molar-refractivity contribution is 0.316. The minimum Gasteiger partial charge on any atom is -0.542 e. The highest BCUT2D eigenvalue weighted by atomic mass is 28.4. The van der Waals surface area contributed by atoms with E-state index in [9.17, 15) is 0 Å². The van der Waals surface area contributed by atoms with Crippen LogP contribution < -0.4 is 0 Å². The molecule has 0 aromatic rings. The molecule has 0 saturated carbocycles. The first-order valence-corrected chi connectivity index (χ1v) is 10.5. The quantitative estimate of drug-likeness (QED) is 0.517. The summed E-state index contributed by atoms with van der Waals surface area (Å²) in [5.41, 5.74) is 0.605. The van der Waals surface area contributed by atoms with Crippen molar-refractivity contribution >= 4 is 8.32 Å². The van der Waals surface area contributed by atoms with Crippen LogP contribution in [0, 0.1) is 5.92 Å². The van der Waals surface area contributed by atoms with Gasteiger partial charge in [0.15, 0.2) is 0 Å². The van der Waals surface area contributed by atoms with Crippen molar-refractivity contribution in [3.05, 3.63) is 24.0 Å². The van der Waals surface area contributed by atoms with Crippen molar-refractivity contribution in [2.75, 3.05) is 0 Å². The number of hydrogen-bond donors (Lipinski definition) is 0. The normalized spacial score (nSPS) is 18.7. The van der Waals surface area contributed by atoms with Gasteiger partial charge < -0.3 is 4.43 Å². The van der Waals surface area contributed by atoms with Gasteiger partial charge in [-0.15, -0.1) is 0 Å². The molecular weight excluding hydrogens is 272 g/mol. The molecule has 122 valence electrons. The molecule has 0 saturated heterocycles. The predicted molar refractivity (Wildman–Crippen MR) is 97.0 cm³/mol. The molecule has 0 aromatic carbocycles. The summed E-state index contributed by atoms with van der Waals surface area (Å²) in [5.74, 6) is 1.76. The lowest BCUT2D eigenvalue weighted by Crippen LogP contribution is -2.58. The Bertz CT molecular complexity index is 390. The van der Waals surface area contributed by atoms with Crippen LogP contribution in [-0.4, -0.2) is 8.32 Å². The lowest BCUT2D eigenvalue weighted by atomic mass is 10.1. The van der Waals surface area contributed by atoms with Crippen LogP contribution >= 0.6 is 0 Å². The molecule has 1 unspecified atom stereocenters. The highest BCUT2D eigenvalue weighted by Crippen LogP contribution is 2.59. The molecule has 1 aliphatic rings. The van der Waals surface area contributed by atoms with Crippen LogP contribution in [0.5, 0.6) is 0 Å². The van der Waals surface area contributed by atoms with Gasteiger partial charge in [-0.2, -0.15) is 0 Å². The Hall–Kier alpha value is -0.503. The van der Waals surface area contributed by atoms with Crippen molar-refractivity contribution in [3.63, 3.8) is 0 Å². The number of hydrogen-bond acceptors (Lipinski definition) is 1. The molecule has 2 heteroatoms. The Kier molecular flexibility index (Phi) is 5.58. The van der Waals surface area contributed by atoms with Crippen molar-refractivity contribution in [2.45, 2.75) is 90.8 Å². The molecular formula is C19H36OSi. The van der Waals surface area contributed by atoms with Gasteiger partial charge in [0.25, 0.3) is 8.32 Å². The standard InChI is InChI=1S/C19H36OSi/c1-15(2)16(3)21(18(4,5)6,19(7,8)9)20-17-13-11-10-12-14-17/h11,13-16H,10,12H2,1-9H3. The van der Waals surface area contributed by atoms with Gasteiger partial charge in [-0.05, 0) is 46.5 Å². The Labute approximate surface area is 134 Å². The molecule has 21 heavy (non-hydrogen) atoms. The summed E-state index contributed by atoms with van der Waals surface area (Å²) < 4.78 is 6.94. The molecule has 1 atom stereocenters. The second kappa shape index (κ2) is 6.32. The molecule has 0 aromatic heterocycles. The van der Waals surface area contributed by atoms with Gasteiger partial charge in [-0.1, -0.05) is 68.4 Å². The molecule has 0 fully saturated rings. The highest BCUT2D eigenvalue weighted by Gasteiger charge is 2.60. The van der Waals surface area contributed by atoms with E-state index in [0.29, 0.717) is 11.5 Å². The first kappa shape index (κ1) is 18.5. The van der Waals surface area contributed by atoms with Crippen LogP contribution in [0.1, 0.15) is 75.2 Å². The summed E-state index contributed by atoms with van der Waals surface area (Å²) in [6, 6.07) is 0. The number of rotatable bonds is 4. The van der Waals surface area contributed by atoms with E-state index >= 15 is 0 Å². The average Bonchev–Trinajstić information content (AvgIpc) is 2.33. The number of allylic oxidation sites excluding steroid dienone is 3. The SMILES string of the molecule is CC(C)C(C)[Si](OC1=CCCC=C1)(C(C)(C)C)C(C)(C)C. The van der Waals surface area contributed by atoms with Gasteiger partial charge in [0.1, 0.15) is 0 Å². The molecule has 0 aliphatic heterocycles. The van der Waals surface area contributed by atoms with E-state index in [1.54, 1.807) is 0 Å². The second-order valence-electron chi connectivity index (χ2n) is 8.96. The fourth-order valence-electron chi connectivity index (χ4n) is 4.21. The Balaban J connectivity index is 3.37. The highest BCUT2D eigenvalue weighted by molar-refractivity contribution is 6.81. The van der Waals surface area contributed by atoms with Gasteiger partial charge in [0.2, 0.25) is 0 Å². The Morgan fingerprint density at radius 2 is 1.48 bits per heavy atom. The van der Waals surface area contributed by atoms with Gasteiger partial charge in [-0.25, -0.2) is 0 Å². The monoisotopic (exact) mass is 308 g/mol. The van der Waals surface area contributed by atoms with Crippen LogP contribution in [-0.2, 0) is 4.43 Å². The summed E-state index contributed by atoms with van der Waals surface area (Å²) in [4.78, 5) is 0.